The fourth-order valence-corrected chi connectivity index (χ4v) is 8.46. The van der Waals surface area contributed by atoms with Gasteiger partial charge in [0, 0.05) is 37.1 Å². The molecule has 338 valence electrons. The first kappa shape index (κ1) is 48.4. The summed E-state index contributed by atoms with van der Waals surface area (Å²) in [7, 11) is 0. The largest absolute Gasteiger partial charge is 0.397 e. The van der Waals surface area contributed by atoms with Crippen molar-refractivity contribution in [3.8, 4) is 10.4 Å². The summed E-state index contributed by atoms with van der Waals surface area (Å²) >= 11 is 1.58. The van der Waals surface area contributed by atoms with Crippen LogP contribution in [0.3, 0.4) is 0 Å². The molecule has 1 aromatic heterocycles. The Bertz CT molecular complexity index is 2190. The molecule has 4 atom stereocenters. The van der Waals surface area contributed by atoms with Gasteiger partial charge in [-0.15, -0.1) is 11.3 Å². The molecule has 13 nitrogen and oxygen atoms in total. The Morgan fingerprint density at radius 1 is 0.857 bits per heavy atom. The van der Waals surface area contributed by atoms with E-state index in [1.54, 1.807) is 35.6 Å². The number of nitrogen functional groups attached to an aromatic ring is 1. The first-order chi connectivity index (χ1) is 30.0. The maximum Gasteiger partial charge on any atom is 0.255 e. The molecule has 2 heterocycles. The van der Waals surface area contributed by atoms with Crippen molar-refractivity contribution in [1.82, 2.24) is 20.5 Å². The number of thiazole rings is 1. The maximum atomic E-state index is 14.0. The third-order valence-electron chi connectivity index (χ3n) is 11.3. The number of carbonyl (C=O) groups is 5. The van der Waals surface area contributed by atoms with Crippen molar-refractivity contribution in [1.29, 1.82) is 0 Å². The van der Waals surface area contributed by atoms with Crippen molar-refractivity contribution < 1.29 is 33.5 Å². The van der Waals surface area contributed by atoms with Gasteiger partial charge in [0.15, 0.2) is 0 Å². The Hall–Kier alpha value is -5.67. The molecule has 1 saturated heterocycles. The smallest absolute Gasteiger partial charge is 0.255 e. The average Bonchev–Trinajstić information content (AvgIpc) is 3.86. The van der Waals surface area contributed by atoms with Gasteiger partial charge in [-0.1, -0.05) is 83.6 Å². The van der Waals surface area contributed by atoms with Crippen LogP contribution in [0.5, 0.6) is 0 Å². The summed E-state index contributed by atoms with van der Waals surface area (Å²) < 4.78 is 13.3. The van der Waals surface area contributed by atoms with Crippen LogP contribution in [-0.4, -0.2) is 69.3 Å². The van der Waals surface area contributed by atoms with Gasteiger partial charge in [-0.2, -0.15) is 0 Å². The van der Waals surface area contributed by atoms with E-state index in [0.717, 1.165) is 72.7 Å². The van der Waals surface area contributed by atoms with E-state index in [0.29, 0.717) is 29.8 Å². The highest BCUT2D eigenvalue weighted by molar-refractivity contribution is 7.13. The van der Waals surface area contributed by atoms with Gasteiger partial charge < -0.3 is 37.0 Å². The molecule has 5 amide bonds. The number of carbonyl (C=O) groups excluding carboxylic acids is 5. The summed E-state index contributed by atoms with van der Waals surface area (Å²) in [6.07, 6.45) is 7.16. The minimum absolute atomic E-state index is 0.0143. The number of rotatable bonds is 20. The number of aromatic nitrogens is 1. The van der Waals surface area contributed by atoms with Gasteiger partial charge in [0.25, 0.3) is 5.91 Å². The molecule has 4 aromatic rings. The van der Waals surface area contributed by atoms with E-state index in [1.165, 1.54) is 17.0 Å². The van der Waals surface area contributed by atoms with Crippen LogP contribution in [0, 0.1) is 18.2 Å². The Morgan fingerprint density at radius 3 is 2.06 bits per heavy atom. The monoisotopic (exact) mass is 883 g/mol. The zero-order valence-corrected chi connectivity index (χ0v) is 37.8. The lowest BCUT2D eigenvalue weighted by atomic mass is 9.85. The lowest BCUT2D eigenvalue weighted by Gasteiger charge is -2.35. The van der Waals surface area contributed by atoms with E-state index in [4.69, 9.17) is 5.73 Å². The molecule has 1 fully saturated rings. The minimum atomic E-state index is -0.873. The van der Waals surface area contributed by atoms with Crippen LogP contribution in [0.1, 0.15) is 126 Å². The molecular formula is C48H62FN7O6S. The maximum absolute atomic E-state index is 14.0. The summed E-state index contributed by atoms with van der Waals surface area (Å²) in [6.45, 7) is 9.50. The molecular weight excluding hydrogens is 822 g/mol. The number of anilines is 3. The number of aliphatic hydroxyl groups is 1. The number of hydrogen-bond donors (Lipinski definition) is 6. The Balaban J connectivity index is 0.957. The number of β-amino-alcohol motifs (C(OH)–C–C–N with tert-alkyl or cyclic N) is 1. The number of nitrogens with zero attached hydrogens (tertiary/aromatic N) is 2. The number of halogens is 1. The molecule has 0 aliphatic carbocycles. The lowest BCUT2D eigenvalue weighted by molar-refractivity contribution is -0.144. The van der Waals surface area contributed by atoms with Crippen LogP contribution in [0.2, 0.25) is 0 Å². The van der Waals surface area contributed by atoms with Gasteiger partial charge in [-0.05, 0) is 85.7 Å². The van der Waals surface area contributed by atoms with Gasteiger partial charge in [-0.25, -0.2) is 9.37 Å². The Labute approximate surface area is 373 Å². The summed E-state index contributed by atoms with van der Waals surface area (Å²) in [5, 5.41) is 22.1. The second kappa shape index (κ2) is 22.6. The first-order valence-corrected chi connectivity index (χ1v) is 22.7. The Morgan fingerprint density at radius 2 is 1.48 bits per heavy atom. The molecule has 1 aliphatic heterocycles. The van der Waals surface area contributed by atoms with Gasteiger partial charge in [0.05, 0.1) is 39.6 Å². The Kier molecular flexibility index (Phi) is 17.4. The van der Waals surface area contributed by atoms with Crippen LogP contribution in [0.4, 0.5) is 21.5 Å². The molecule has 1 aliphatic rings. The first-order valence-electron chi connectivity index (χ1n) is 21.8. The summed E-state index contributed by atoms with van der Waals surface area (Å²) in [4.78, 5) is 72.7. The molecule has 7 N–H and O–H groups in total. The second-order valence-electron chi connectivity index (χ2n) is 17.5. The number of nitrogens with one attached hydrogen (secondary N) is 4. The molecule has 0 saturated carbocycles. The average molecular weight is 884 g/mol. The van der Waals surface area contributed by atoms with E-state index in [2.05, 4.69) is 26.3 Å². The third kappa shape index (κ3) is 14.2. The van der Waals surface area contributed by atoms with Crippen molar-refractivity contribution >= 4 is 57.9 Å². The van der Waals surface area contributed by atoms with Gasteiger partial charge in [-0.3, -0.25) is 24.0 Å². The number of benzene rings is 3. The SMILES string of the molecule is Cc1ncsc1-c1ccc([C@H](C)NC(=O)[C@@H]2C[C@@H](O)CN2C(=O)[C@@H](NC(=O)CCCCCCCCCCC(=O)Nc2ccc(C(=O)Nc3ccc(F)cc3N)cc2)C(C)(C)C)cc1. The molecule has 5 rings (SSSR count). The zero-order chi connectivity index (χ0) is 45.7. The van der Waals surface area contributed by atoms with E-state index in [-0.39, 0.29) is 54.7 Å². The van der Waals surface area contributed by atoms with E-state index in [1.807, 2.05) is 64.4 Å². The number of hydrogen-bond acceptors (Lipinski definition) is 9. The van der Waals surface area contributed by atoms with Crippen molar-refractivity contribution in [2.75, 3.05) is 22.9 Å². The van der Waals surface area contributed by atoms with Gasteiger partial charge in [0.2, 0.25) is 23.6 Å². The third-order valence-corrected chi connectivity index (χ3v) is 12.3. The summed E-state index contributed by atoms with van der Waals surface area (Å²) in [6, 6.07) is 16.1. The van der Waals surface area contributed by atoms with E-state index in [9.17, 15) is 33.5 Å². The number of likely N-dealkylation sites (tertiary alicyclic amines) is 1. The standard InChI is InChI=1S/C48H62FN7O6S/c1-30(32-16-18-33(19-17-32)43-31(2)51-29-63-43)52-46(61)40-27-37(57)28-56(40)47(62)44(48(3,4)5)55-42(59)15-13-11-9-7-6-8-10-12-14-41(58)53-36-23-20-34(21-24-36)45(60)54-39-25-22-35(49)26-38(39)50/h16-26,29-30,37,40,44,57H,6-15,27-28,50H2,1-5H3,(H,52,61)(H,53,58)(H,54,60)(H,55,59)/t30-,37+,40-,44+/m0/s1. The lowest BCUT2D eigenvalue weighted by Crippen LogP contribution is -2.57. The quantitative estimate of drug-likeness (QED) is 0.0377. The normalized spacial score (nSPS) is 16.0. The number of aliphatic hydroxyl groups excluding tert-OH is 1. The molecule has 0 spiro atoms. The van der Waals surface area contributed by atoms with Gasteiger partial charge >= 0.3 is 0 Å². The van der Waals surface area contributed by atoms with Crippen molar-refractivity contribution in [3.63, 3.8) is 0 Å². The highest BCUT2D eigenvalue weighted by Crippen LogP contribution is 2.30. The molecule has 15 heteroatoms. The highest BCUT2D eigenvalue weighted by atomic mass is 32.1. The van der Waals surface area contributed by atoms with Crippen molar-refractivity contribution in [2.24, 2.45) is 5.41 Å². The fourth-order valence-electron chi connectivity index (χ4n) is 7.65. The van der Waals surface area contributed by atoms with Crippen molar-refractivity contribution in [2.45, 2.75) is 129 Å². The number of amides is 5. The molecule has 3 aromatic carbocycles. The molecule has 0 radical (unpaired) electrons. The van der Waals surface area contributed by atoms with E-state index < -0.39 is 35.3 Å². The molecule has 0 bridgehead atoms. The van der Waals surface area contributed by atoms with Crippen LogP contribution in [0.15, 0.2) is 72.2 Å². The summed E-state index contributed by atoms with van der Waals surface area (Å²) in [5.74, 6) is -1.94. The van der Waals surface area contributed by atoms with Crippen LogP contribution < -0.4 is 27.0 Å². The number of aryl methyl sites for hydroxylation is 1. The number of unbranched alkanes of at least 4 members (excludes halogenated alkanes) is 7. The predicted octanol–water partition coefficient (Wildman–Crippen LogP) is 8.30. The minimum Gasteiger partial charge on any atom is -0.397 e. The zero-order valence-electron chi connectivity index (χ0n) is 37.0. The van der Waals surface area contributed by atoms with Crippen LogP contribution >= 0.6 is 11.3 Å². The van der Waals surface area contributed by atoms with Crippen molar-refractivity contribution in [3.05, 3.63) is 94.9 Å². The topological polar surface area (TPSA) is 196 Å². The predicted molar refractivity (Wildman–Crippen MR) is 246 cm³/mol. The molecule has 63 heavy (non-hydrogen) atoms. The number of nitrogens with two attached hydrogens (primary N) is 1. The molecule has 0 unspecified atom stereocenters. The summed E-state index contributed by atoms with van der Waals surface area (Å²) in [5.41, 5.74) is 11.3. The van der Waals surface area contributed by atoms with E-state index >= 15 is 0 Å². The second-order valence-corrected chi connectivity index (χ2v) is 18.4. The fraction of sp³-hybridized carbons (Fsp3) is 0.458. The highest BCUT2D eigenvalue weighted by Gasteiger charge is 2.44. The van der Waals surface area contributed by atoms with Crippen LogP contribution in [-0.2, 0) is 19.2 Å². The van der Waals surface area contributed by atoms with Gasteiger partial charge in [0.1, 0.15) is 17.9 Å². The van der Waals surface area contributed by atoms with Crippen LogP contribution in [0.25, 0.3) is 10.4 Å².